The van der Waals surface area contributed by atoms with Crippen molar-refractivity contribution in [1.29, 1.82) is 0 Å². The van der Waals surface area contributed by atoms with E-state index in [1.807, 2.05) is 37.3 Å². The lowest BCUT2D eigenvalue weighted by Gasteiger charge is -2.10. The van der Waals surface area contributed by atoms with Crippen molar-refractivity contribution in [3.05, 3.63) is 36.0 Å². The summed E-state index contributed by atoms with van der Waals surface area (Å²) in [7, 11) is 1.64. The molecule has 1 aromatic carbocycles. The molecule has 0 radical (unpaired) electrons. The Morgan fingerprint density at radius 3 is 2.43 bits per heavy atom. The maximum Gasteiger partial charge on any atom is 0.224 e. The van der Waals surface area contributed by atoms with Crippen LogP contribution in [0.5, 0.6) is 11.5 Å². The SMILES string of the molecule is CCCNc1cc(C)nc(NCCOc2ccc(OC)cc2)n1. The molecule has 0 spiro atoms. The van der Waals surface area contributed by atoms with Crippen LogP contribution in [-0.4, -0.2) is 36.8 Å². The van der Waals surface area contributed by atoms with Gasteiger partial charge in [-0.3, -0.25) is 0 Å². The number of rotatable bonds is 9. The molecule has 1 heterocycles. The number of hydrogen-bond donors (Lipinski definition) is 2. The summed E-state index contributed by atoms with van der Waals surface area (Å²) in [5.41, 5.74) is 0.928. The first-order chi connectivity index (χ1) is 11.2. The van der Waals surface area contributed by atoms with Gasteiger partial charge >= 0.3 is 0 Å². The number of nitrogens with zero attached hydrogens (tertiary/aromatic N) is 2. The number of nitrogens with one attached hydrogen (secondary N) is 2. The summed E-state index contributed by atoms with van der Waals surface area (Å²) in [5.74, 6) is 3.08. The Kier molecular flexibility index (Phi) is 6.47. The molecule has 0 atom stereocenters. The number of methoxy groups -OCH3 is 1. The van der Waals surface area contributed by atoms with Crippen LogP contribution >= 0.6 is 0 Å². The van der Waals surface area contributed by atoms with Gasteiger partial charge in [-0.1, -0.05) is 6.92 Å². The standard InChI is InChI=1S/C17H24N4O2/c1-4-9-18-16-12-13(2)20-17(21-16)19-10-11-23-15-7-5-14(22-3)6-8-15/h5-8,12H,4,9-11H2,1-3H3,(H2,18,19,20,21). The van der Waals surface area contributed by atoms with Gasteiger partial charge in [0.25, 0.3) is 0 Å². The lowest BCUT2D eigenvalue weighted by Crippen LogP contribution is -2.14. The van der Waals surface area contributed by atoms with E-state index in [9.17, 15) is 0 Å². The van der Waals surface area contributed by atoms with E-state index in [1.165, 1.54) is 0 Å². The molecule has 0 saturated carbocycles. The van der Waals surface area contributed by atoms with Crippen LogP contribution in [0.25, 0.3) is 0 Å². The topological polar surface area (TPSA) is 68.3 Å². The summed E-state index contributed by atoms with van der Waals surface area (Å²) in [6.07, 6.45) is 1.06. The van der Waals surface area contributed by atoms with Crippen LogP contribution in [0.1, 0.15) is 19.0 Å². The predicted molar refractivity (Wildman–Crippen MR) is 92.5 cm³/mol. The summed E-state index contributed by atoms with van der Waals surface area (Å²) < 4.78 is 10.8. The first kappa shape index (κ1) is 16.9. The van der Waals surface area contributed by atoms with Gasteiger partial charge in [0.05, 0.1) is 13.7 Å². The number of benzene rings is 1. The average Bonchev–Trinajstić information content (AvgIpc) is 2.57. The molecule has 2 rings (SSSR count). The molecule has 23 heavy (non-hydrogen) atoms. The summed E-state index contributed by atoms with van der Waals surface area (Å²) in [5, 5.41) is 6.45. The fraction of sp³-hybridized carbons (Fsp3) is 0.412. The first-order valence-corrected chi connectivity index (χ1v) is 7.81. The van der Waals surface area contributed by atoms with E-state index >= 15 is 0 Å². The van der Waals surface area contributed by atoms with E-state index in [0.29, 0.717) is 19.1 Å². The summed E-state index contributed by atoms with van der Waals surface area (Å²) in [6, 6.07) is 9.45. The van der Waals surface area contributed by atoms with Crippen LogP contribution in [0, 0.1) is 6.92 Å². The number of anilines is 2. The zero-order chi connectivity index (χ0) is 16.5. The monoisotopic (exact) mass is 316 g/mol. The Labute approximate surface area is 137 Å². The molecule has 0 saturated heterocycles. The van der Waals surface area contributed by atoms with Crippen LogP contribution < -0.4 is 20.1 Å². The fourth-order valence-corrected chi connectivity index (χ4v) is 1.99. The summed E-state index contributed by atoms with van der Waals surface area (Å²) in [6.45, 7) is 6.13. The maximum absolute atomic E-state index is 5.66. The van der Waals surface area contributed by atoms with E-state index in [4.69, 9.17) is 9.47 Å². The highest BCUT2D eigenvalue weighted by atomic mass is 16.5. The Hall–Kier alpha value is -2.50. The molecule has 124 valence electrons. The lowest BCUT2D eigenvalue weighted by atomic mass is 10.3. The average molecular weight is 316 g/mol. The smallest absolute Gasteiger partial charge is 0.224 e. The van der Waals surface area contributed by atoms with Gasteiger partial charge in [0.15, 0.2) is 0 Å². The van der Waals surface area contributed by atoms with Crippen molar-refractivity contribution in [2.45, 2.75) is 20.3 Å². The van der Waals surface area contributed by atoms with Crippen molar-refractivity contribution in [2.24, 2.45) is 0 Å². The molecule has 0 unspecified atom stereocenters. The molecule has 0 aliphatic heterocycles. The fourth-order valence-electron chi connectivity index (χ4n) is 1.99. The molecule has 0 amide bonds. The van der Waals surface area contributed by atoms with Gasteiger partial charge in [0.1, 0.15) is 23.9 Å². The highest BCUT2D eigenvalue weighted by Crippen LogP contribution is 2.16. The van der Waals surface area contributed by atoms with E-state index in [1.54, 1.807) is 7.11 Å². The zero-order valence-electron chi connectivity index (χ0n) is 13.9. The van der Waals surface area contributed by atoms with E-state index in [0.717, 1.165) is 36.0 Å². The quantitative estimate of drug-likeness (QED) is 0.693. The zero-order valence-corrected chi connectivity index (χ0v) is 13.9. The molecular weight excluding hydrogens is 292 g/mol. The maximum atomic E-state index is 5.66. The molecule has 1 aromatic heterocycles. The molecule has 0 fully saturated rings. The second kappa shape index (κ2) is 8.82. The summed E-state index contributed by atoms with van der Waals surface area (Å²) in [4.78, 5) is 8.81. The highest BCUT2D eigenvalue weighted by Gasteiger charge is 2.02. The molecule has 0 aliphatic rings. The normalized spacial score (nSPS) is 10.2. The van der Waals surface area contributed by atoms with E-state index < -0.39 is 0 Å². The predicted octanol–water partition coefficient (Wildman–Crippen LogP) is 3.11. The van der Waals surface area contributed by atoms with Crippen molar-refractivity contribution >= 4 is 11.8 Å². The van der Waals surface area contributed by atoms with Crippen molar-refractivity contribution in [3.63, 3.8) is 0 Å². The third kappa shape index (κ3) is 5.65. The number of aromatic nitrogens is 2. The lowest BCUT2D eigenvalue weighted by molar-refractivity contribution is 0.331. The number of hydrogen-bond acceptors (Lipinski definition) is 6. The molecule has 0 bridgehead atoms. The van der Waals surface area contributed by atoms with E-state index in [2.05, 4.69) is 27.5 Å². The van der Waals surface area contributed by atoms with Gasteiger partial charge in [-0.05, 0) is 37.6 Å². The highest BCUT2D eigenvalue weighted by molar-refractivity contribution is 5.42. The minimum Gasteiger partial charge on any atom is -0.497 e. The molecule has 2 N–H and O–H groups in total. The van der Waals surface area contributed by atoms with Crippen molar-refractivity contribution in [2.75, 3.05) is 37.4 Å². The first-order valence-electron chi connectivity index (χ1n) is 7.81. The van der Waals surface area contributed by atoms with Gasteiger partial charge in [-0.15, -0.1) is 0 Å². The largest absolute Gasteiger partial charge is 0.497 e. The van der Waals surface area contributed by atoms with Crippen LogP contribution in [0.3, 0.4) is 0 Å². The van der Waals surface area contributed by atoms with Crippen LogP contribution in [0.15, 0.2) is 30.3 Å². The second-order valence-electron chi connectivity index (χ2n) is 5.10. The minimum absolute atomic E-state index is 0.529. The third-order valence-electron chi connectivity index (χ3n) is 3.12. The molecule has 6 nitrogen and oxygen atoms in total. The van der Waals surface area contributed by atoms with Gasteiger partial charge in [0.2, 0.25) is 5.95 Å². The van der Waals surface area contributed by atoms with Crippen molar-refractivity contribution in [1.82, 2.24) is 9.97 Å². The van der Waals surface area contributed by atoms with Crippen molar-refractivity contribution in [3.8, 4) is 11.5 Å². The molecular formula is C17H24N4O2. The Morgan fingerprint density at radius 2 is 1.74 bits per heavy atom. The Morgan fingerprint density at radius 1 is 1.00 bits per heavy atom. The van der Waals surface area contributed by atoms with E-state index in [-0.39, 0.29) is 0 Å². The summed E-state index contributed by atoms with van der Waals surface area (Å²) >= 11 is 0. The molecule has 6 heteroatoms. The van der Waals surface area contributed by atoms with Crippen LogP contribution in [0.2, 0.25) is 0 Å². The number of aryl methyl sites for hydroxylation is 1. The third-order valence-corrected chi connectivity index (χ3v) is 3.12. The van der Waals surface area contributed by atoms with Gasteiger partial charge in [0, 0.05) is 18.3 Å². The van der Waals surface area contributed by atoms with Crippen LogP contribution in [0.4, 0.5) is 11.8 Å². The molecule has 0 aliphatic carbocycles. The molecule has 2 aromatic rings. The Balaban J connectivity index is 1.79. The minimum atomic E-state index is 0.529. The van der Waals surface area contributed by atoms with Gasteiger partial charge in [-0.25, -0.2) is 4.98 Å². The van der Waals surface area contributed by atoms with Gasteiger partial charge < -0.3 is 20.1 Å². The Bertz CT molecular complexity index is 602. The number of ether oxygens (including phenoxy) is 2. The van der Waals surface area contributed by atoms with Crippen LogP contribution in [-0.2, 0) is 0 Å². The van der Waals surface area contributed by atoms with Gasteiger partial charge in [-0.2, -0.15) is 4.98 Å². The van der Waals surface area contributed by atoms with Crippen molar-refractivity contribution < 1.29 is 9.47 Å². The second-order valence-corrected chi connectivity index (χ2v) is 5.10.